The molecule has 0 aromatic rings. The summed E-state index contributed by atoms with van der Waals surface area (Å²) < 4.78 is 0. The van der Waals surface area contributed by atoms with Crippen molar-refractivity contribution >= 4 is 0 Å². The third-order valence-electron chi connectivity index (χ3n) is 2.69. The summed E-state index contributed by atoms with van der Waals surface area (Å²) in [4.78, 5) is 2.27. The Bertz CT molecular complexity index is 164. The minimum Gasteiger partial charge on any atom is -0.378 e. The fourth-order valence-electron chi connectivity index (χ4n) is 1.83. The molecule has 0 bridgehead atoms. The first-order chi connectivity index (χ1) is 4.93. The van der Waals surface area contributed by atoms with E-state index in [2.05, 4.69) is 39.3 Å². The Labute approximate surface area is 70.1 Å². The molecule has 1 aliphatic heterocycles. The highest BCUT2D eigenvalue weighted by molar-refractivity contribution is 5.08. The standard InChI is InChI=1S/C10H19N/c1-8-9(10(2,3)4)6-7-11(8)5/h9H,1,6-7H2,2-5H3. The van der Waals surface area contributed by atoms with Gasteiger partial charge in [-0.2, -0.15) is 0 Å². The van der Waals surface area contributed by atoms with Crippen molar-refractivity contribution in [2.24, 2.45) is 11.3 Å². The van der Waals surface area contributed by atoms with Crippen molar-refractivity contribution in [3.05, 3.63) is 12.3 Å². The Balaban J connectivity index is 2.70. The van der Waals surface area contributed by atoms with Gasteiger partial charge in [0.15, 0.2) is 0 Å². The molecule has 0 N–H and O–H groups in total. The van der Waals surface area contributed by atoms with Crippen molar-refractivity contribution in [3.8, 4) is 0 Å². The van der Waals surface area contributed by atoms with Crippen molar-refractivity contribution in [2.75, 3.05) is 13.6 Å². The third-order valence-corrected chi connectivity index (χ3v) is 2.69. The molecule has 1 rings (SSSR count). The topological polar surface area (TPSA) is 3.24 Å². The third kappa shape index (κ3) is 1.58. The van der Waals surface area contributed by atoms with Crippen LogP contribution in [0, 0.1) is 11.3 Å². The molecular weight excluding hydrogens is 134 g/mol. The fourth-order valence-corrected chi connectivity index (χ4v) is 1.83. The molecule has 0 aromatic heterocycles. The Morgan fingerprint density at radius 1 is 1.45 bits per heavy atom. The van der Waals surface area contributed by atoms with Gasteiger partial charge in [-0.3, -0.25) is 0 Å². The molecule has 1 heterocycles. The summed E-state index contributed by atoms with van der Waals surface area (Å²) in [7, 11) is 2.13. The normalized spacial score (nSPS) is 26.4. The van der Waals surface area contributed by atoms with E-state index in [9.17, 15) is 0 Å². The first-order valence-electron chi connectivity index (χ1n) is 4.33. The predicted octanol–water partition coefficient (Wildman–Crippen LogP) is 2.50. The Morgan fingerprint density at radius 2 is 2.00 bits per heavy atom. The zero-order chi connectivity index (χ0) is 8.65. The van der Waals surface area contributed by atoms with E-state index in [0.29, 0.717) is 11.3 Å². The van der Waals surface area contributed by atoms with Gasteiger partial charge in [-0.1, -0.05) is 27.4 Å². The maximum absolute atomic E-state index is 4.11. The van der Waals surface area contributed by atoms with Gasteiger partial charge >= 0.3 is 0 Å². The van der Waals surface area contributed by atoms with E-state index in [4.69, 9.17) is 0 Å². The number of hydrogen-bond acceptors (Lipinski definition) is 1. The van der Waals surface area contributed by atoms with Crippen LogP contribution in [0.2, 0.25) is 0 Å². The fraction of sp³-hybridized carbons (Fsp3) is 0.800. The van der Waals surface area contributed by atoms with Crippen LogP contribution in [0.5, 0.6) is 0 Å². The highest BCUT2D eigenvalue weighted by atomic mass is 15.1. The van der Waals surface area contributed by atoms with Gasteiger partial charge in [-0.15, -0.1) is 0 Å². The van der Waals surface area contributed by atoms with Crippen LogP contribution in [0.25, 0.3) is 0 Å². The Kier molecular flexibility index (Phi) is 2.00. The molecule has 1 unspecified atom stereocenters. The van der Waals surface area contributed by atoms with E-state index in [1.807, 2.05) is 0 Å². The SMILES string of the molecule is C=C1C(C(C)(C)C)CCN1C. The van der Waals surface area contributed by atoms with E-state index in [-0.39, 0.29) is 0 Å². The highest BCUT2D eigenvalue weighted by Gasteiger charge is 2.32. The molecule has 1 fully saturated rings. The van der Waals surface area contributed by atoms with Crippen LogP contribution in [0.4, 0.5) is 0 Å². The molecule has 1 saturated heterocycles. The Morgan fingerprint density at radius 3 is 2.18 bits per heavy atom. The van der Waals surface area contributed by atoms with Crippen LogP contribution in [-0.2, 0) is 0 Å². The van der Waals surface area contributed by atoms with E-state index < -0.39 is 0 Å². The Hall–Kier alpha value is -0.460. The molecule has 0 radical (unpaired) electrons. The van der Waals surface area contributed by atoms with E-state index in [0.717, 1.165) is 0 Å². The molecule has 0 aliphatic carbocycles. The number of nitrogens with zero attached hydrogens (tertiary/aromatic N) is 1. The van der Waals surface area contributed by atoms with Gasteiger partial charge < -0.3 is 4.90 Å². The number of rotatable bonds is 0. The lowest BCUT2D eigenvalue weighted by molar-refractivity contribution is 0.282. The number of likely N-dealkylation sites (tertiary alicyclic amines) is 1. The van der Waals surface area contributed by atoms with Crippen LogP contribution in [0.1, 0.15) is 27.2 Å². The molecular formula is C10H19N. The van der Waals surface area contributed by atoms with Crippen LogP contribution < -0.4 is 0 Å². The minimum atomic E-state index is 0.391. The van der Waals surface area contributed by atoms with Crippen LogP contribution in [-0.4, -0.2) is 18.5 Å². The van der Waals surface area contributed by atoms with Crippen LogP contribution in [0.3, 0.4) is 0 Å². The molecule has 0 aromatic carbocycles. The average Bonchev–Trinajstić information content (AvgIpc) is 2.11. The quantitative estimate of drug-likeness (QED) is 0.517. The predicted molar refractivity (Wildman–Crippen MR) is 49.3 cm³/mol. The second kappa shape index (κ2) is 2.54. The average molecular weight is 153 g/mol. The van der Waals surface area contributed by atoms with Crippen molar-refractivity contribution in [3.63, 3.8) is 0 Å². The molecule has 1 nitrogen and oxygen atoms in total. The van der Waals surface area contributed by atoms with Crippen molar-refractivity contribution < 1.29 is 0 Å². The molecule has 1 aliphatic rings. The van der Waals surface area contributed by atoms with E-state index >= 15 is 0 Å². The first-order valence-corrected chi connectivity index (χ1v) is 4.33. The van der Waals surface area contributed by atoms with Gasteiger partial charge in [0, 0.05) is 25.2 Å². The molecule has 1 atom stereocenters. The van der Waals surface area contributed by atoms with E-state index in [1.165, 1.54) is 18.7 Å². The van der Waals surface area contributed by atoms with Crippen LogP contribution >= 0.6 is 0 Å². The summed E-state index contributed by atoms with van der Waals surface area (Å²) in [6.07, 6.45) is 1.28. The summed E-state index contributed by atoms with van der Waals surface area (Å²) in [6, 6.07) is 0. The van der Waals surface area contributed by atoms with Gasteiger partial charge in [-0.25, -0.2) is 0 Å². The molecule has 11 heavy (non-hydrogen) atoms. The monoisotopic (exact) mass is 153 g/mol. The van der Waals surface area contributed by atoms with E-state index in [1.54, 1.807) is 0 Å². The maximum atomic E-state index is 4.11. The second-order valence-corrected chi connectivity index (χ2v) is 4.62. The van der Waals surface area contributed by atoms with Crippen molar-refractivity contribution in [1.29, 1.82) is 0 Å². The highest BCUT2D eigenvalue weighted by Crippen LogP contribution is 2.39. The number of hydrogen-bond donors (Lipinski definition) is 0. The lowest BCUT2D eigenvalue weighted by Gasteiger charge is -2.28. The zero-order valence-corrected chi connectivity index (χ0v) is 8.15. The molecule has 64 valence electrons. The molecule has 0 spiro atoms. The lowest BCUT2D eigenvalue weighted by atomic mass is 9.79. The van der Waals surface area contributed by atoms with Gasteiger partial charge in [0.25, 0.3) is 0 Å². The van der Waals surface area contributed by atoms with Crippen molar-refractivity contribution in [1.82, 2.24) is 4.90 Å². The van der Waals surface area contributed by atoms with Crippen LogP contribution in [0.15, 0.2) is 12.3 Å². The minimum absolute atomic E-state index is 0.391. The number of allylic oxidation sites excluding steroid dienone is 1. The smallest absolute Gasteiger partial charge is 0.0178 e. The van der Waals surface area contributed by atoms with Gasteiger partial charge in [-0.05, 0) is 11.8 Å². The van der Waals surface area contributed by atoms with Gasteiger partial charge in [0.2, 0.25) is 0 Å². The molecule has 1 heteroatoms. The van der Waals surface area contributed by atoms with Crippen molar-refractivity contribution in [2.45, 2.75) is 27.2 Å². The van der Waals surface area contributed by atoms with Gasteiger partial charge in [0.1, 0.15) is 0 Å². The summed E-state index contributed by atoms with van der Waals surface area (Å²) in [5.74, 6) is 0.687. The lowest BCUT2D eigenvalue weighted by Crippen LogP contribution is -2.21. The zero-order valence-electron chi connectivity index (χ0n) is 8.15. The molecule has 0 amide bonds. The summed E-state index contributed by atoms with van der Waals surface area (Å²) in [6.45, 7) is 12.2. The summed E-state index contributed by atoms with van der Waals surface area (Å²) in [5.41, 5.74) is 1.71. The second-order valence-electron chi connectivity index (χ2n) is 4.62. The largest absolute Gasteiger partial charge is 0.378 e. The summed E-state index contributed by atoms with van der Waals surface area (Å²) in [5, 5.41) is 0. The first kappa shape index (κ1) is 8.63. The van der Waals surface area contributed by atoms with Gasteiger partial charge in [0.05, 0.1) is 0 Å². The molecule has 0 saturated carbocycles. The summed E-state index contributed by atoms with van der Waals surface area (Å²) >= 11 is 0. The maximum Gasteiger partial charge on any atom is 0.0178 e.